The first-order chi connectivity index (χ1) is 11.3. The van der Waals surface area contributed by atoms with Crippen LogP contribution in [-0.2, 0) is 23.1 Å². The van der Waals surface area contributed by atoms with E-state index in [-0.39, 0.29) is 53.1 Å². The fourth-order valence-electron chi connectivity index (χ4n) is 3.60. The molecule has 3 heterocycles. The number of aliphatic carboxylic acids is 1. The maximum absolute atomic E-state index is 12.2. The zero-order chi connectivity index (χ0) is 17.6. The van der Waals surface area contributed by atoms with Gasteiger partial charge in [0.2, 0.25) is 5.91 Å². The number of amides is 1. The first-order valence-corrected chi connectivity index (χ1v) is 8.88. The van der Waals surface area contributed by atoms with Crippen molar-refractivity contribution in [3.05, 3.63) is 28.8 Å². The van der Waals surface area contributed by atoms with Crippen LogP contribution in [0.15, 0.2) is 23.0 Å². The van der Waals surface area contributed by atoms with Gasteiger partial charge in [0.15, 0.2) is 0 Å². The third-order valence-electron chi connectivity index (χ3n) is 4.81. The van der Waals surface area contributed by atoms with Gasteiger partial charge in [-0.1, -0.05) is 6.92 Å². The summed E-state index contributed by atoms with van der Waals surface area (Å²) in [5.41, 5.74) is -0.0285. The SMILES string of the molecule is C[C@@H](O)[C@H]1C(=O)N2C(C(=O)[O-])=C(SCCc3nccn3C)[C@H](C)[C@H]12.[Na+]. The summed E-state index contributed by atoms with van der Waals surface area (Å²) in [6, 6.07) is -0.291. The van der Waals surface area contributed by atoms with Gasteiger partial charge in [0.1, 0.15) is 5.82 Å². The van der Waals surface area contributed by atoms with E-state index in [4.69, 9.17) is 0 Å². The van der Waals surface area contributed by atoms with Crippen LogP contribution in [0.2, 0.25) is 0 Å². The van der Waals surface area contributed by atoms with E-state index < -0.39 is 18.0 Å². The summed E-state index contributed by atoms with van der Waals surface area (Å²) in [7, 11) is 1.91. The Morgan fingerprint density at radius 1 is 1.52 bits per heavy atom. The Bertz CT molecular complexity index is 718. The molecule has 25 heavy (non-hydrogen) atoms. The van der Waals surface area contributed by atoms with E-state index in [1.54, 1.807) is 13.1 Å². The number of fused-ring (bicyclic) bond motifs is 1. The molecule has 1 aromatic rings. The maximum atomic E-state index is 12.2. The molecule has 9 heteroatoms. The molecule has 130 valence electrons. The van der Waals surface area contributed by atoms with Gasteiger partial charge >= 0.3 is 29.6 Å². The number of nitrogens with zero attached hydrogens (tertiary/aromatic N) is 3. The van der Waals surface area contributed by atoms with Crippen molar-refractivity contribution >= 4 is 23.6 Å². The Labute approximate surface area is 172 Å². The number of rotatable bonds is 6. The zero-order valence-electron chi connectivity index (χ0n) is 14.8. The predicted octanol–water partition coefficient (Wildman–Crippen LogP) is -3.48. The number of aryl methyl sites for hydroxylation is 2. The van der Waals surface area contributed by atoms with Gasteiger partial charge in [-0.3, -0.25) is 4.79 Å². The monoisotopic (exact) mass is 373 g/mol. The number of carboxylic acids is 1. The summed E-state index contributed by atoms with van der Waals surface area (Å²) in [5, 5.41) is 21.4. The van der Waals surface area contributed by atoms with Crippen LogP contribution in [0.4, 0.5) is 0 Å². The minimum absolute atomic E-state index is 0. The number of carboxylic acid groups (broad SMARTS) is 1. The first kappa shape index (κ1) is 20.5. The topological polar surface area (TPSA) is 98.5 Å². The zero-order valence-corrected chi connectivity index (χ0v) is 17.6. The number of imidazole rings is 1. The van der Waals surface area contributed by atoms with E-state index in [0.717, 1.165) is 5.82 Å². The van der Waals surface area contributed by atoms with Crippen LogP contribution in [0.5, 0.6) is 0 Å². The number of thioether (sulfide) groups is 1. The number of hydrogen-bond donors (Lipinski definition) is 1. The number of aromatic nitrogens is 2. The van der Waals surface area contributed by atoms with E-state index in [1.165, 1.54) is 16.7 Å². The Morgan fingerprint density at radius 2 is 2.20 bits per heavy atom. The number of hydrogen-bond acceptors (Lipinski definition) is 6. The van der Waals surface area contributed by atoms with Crippen molar-refractivity contribution in [2.24, 2.45) is 18.9 Å². The molecule has 1 N–H and O–H groups in total. The second-order valence-corrected chi connectivity index (χ2v) is 7.44. The molecule has 1 saturated heterocycles. The molecular formula is C16H20N3NaO4S. The van der Waals surface area contributed by atoms with Gasteiger partial charge in [-0.15, -0.1) is 11.8 Å². The Kier molecular flexibility index (Phi) is 6.43. The molecule has 0 radical (unpaired) electrons. The van der Waals surface area contributed by atoms with Crippen molar-refractivity contribution in [2.45, 2.75) is 32.4 Å². The van der Waals surface area contributed by atoms with Gasteiger partial charge in [-0.2, -0.15) is 0 Å². The number of aliphatic hydroxyl groups is 1. The molecule has 7 nitrogen and oxygen atoms in total. The number of carbonyl (C=O) groups excluding carboxylic acids is 2. The van der Waals surface area contributed by atoms with E-state index in [1.807, 2.05) is 24.7 Å². The molecule has 1 fully saturated rings. The van der Waals surface area contributed by atoms with E-state index in [9.17, 15) is 19.8 Å². The fourth-order valence-corrected chi connectivity index (χ4v) is 4.82. The van der Waals surface area contributed by atoms with Crippen LogP contribution < -0.4 is 34.7 Å². The van der Waals surface area contributed by atoms with E-state index >= 15 is 0 Å². The van der Waals surface area contributed by atoms with Crippen LogP contribution in [-0.4, -0.2) is 49.3 Å². The molecule has 2 aliphatic rings. The van der Waals surface area contributed by atoms with Gasteiger partial charge < -0.3 is 24.5 Å². The maximum Gasteiger partial charge on any atom is 1.00 e. The molecule has 0 spiro atoms. The van der Waals surface area contributed by atoms with Gasteiger partial charge in [0, 0.05) is 42.4 Å². The third kappa shape index (κ3) is 3.42. The van der Waals surface area contributed by atoms with Gasteiger partial charge in [-0.25, -0.2) is 4.98 Å². The van der Waals surface area contributed by atoms with Crippen molar-refractivity contribution in [3.63, 3.8) is 0 Å². The summed E-state index contributed by atoms with van der Waals surface area (Å²) < 4.78 is 1.92. The van der Waals surface area contributed by atoms with Gasteiger partial charge in [0.25, 0.3) is 0 Å². The summed E-state index contributed by atoms with van der Waals surface area (Å²) in [6.45, 7) is 3.47. The van der Waals surface area contributed by atoms with Gasteiger partial charge in [0.05, 0.1) is 29.7 Å². The fraction of sp³-hybridized carbons (Fsp3) is 0.562. The first-order valence-electron chi connectivity index (χ1n) is 7.90. The molecule has 1 aromatic heterocycles. The molecule has 2 aliphatic heterocycles. The molecule has 1 amide bonds. The molecule has 3 rings (SSSR count). The number of carbonyl (C=O) groups is 2. The van der Waals surface area contributed by atoms with E-state index in [0.29, 0.717) is 17.1 Å². The van der Waals surface area contributed by atoms with Crippen LogP contribution in [0.1, 0.15) is 19.7 Å². The van der Waals surface area contributed by atoms with Crippen LogP contribution >= 0.6 is 11.8 Å². The Morgan fingerprint density at radius 3 is 2.72 bits per heavy atom. The quantitative estimate of drug-likeness (QED) is 0.411. The number of aliphatic hydroxyl groups excluding tert-OH is 1. The van der Waals surface area contributed by atoms with Crippen molar-refractivity contribution in [1.82, 2.24) is 14.5 Å². The van der Waals surface area contributed by atoms with Crippen molar-refractivity contribution < 1.29 is 49.4 Å². The standard InChI is InChI=1S/C16H21N3O4S.Na/c1-8-12-11(9(2)20)15(21)19(12)13(16(22)23)14(8)24-7-4-10-17-5-6-18(10)3;/h5-6,8-9,11-12,20H,4,7H2,1-3H3,(H,22,23);/q;+1/p-1/t8-,9-,11-,12-;/m1./s1. The van der Waals surface area contributed by atoms with Crippen LogP contribution in [0.25, 0.3) is 0 Å². The van der Waals surface area contributed by atoms with Crippen molar-refractivity contribution in [3.8, 4) is 0 Å². The molecule has 0 bridgehead atoms. The molecule has 0 aliphatic carbocycles. The summed E-state index contributed by atoms with van der Waals surface area (Å²) in [6.07, 6.45) is 3.49. The molecule has 4 atom stereocenters. The van der Waals surface area contributed by atoms with Crippen LogP contribution in [0.3, 0.4) is 0 Å². The van der Waals surface area contributed by atoms with Crippen molar-refractivity contribution in [2.75, 3.05) is 5.75 Å². The smallest absolute Gasteiger partial charge is 0.543 e. The normalized spacial score (nSPS) is 26.2. The van der Waals surface area contributed by atoms with Crippen molar-refractivity contribution in [1.29, 1.82) is 0 Å². The second-order valence-electron chi connectivity index (χ2n) is 6.31. The Hall–Kier alpha value is -0.800. The molecule has 0 saturated carbocycles. The largest absolute Gasteiger partial charge is 1.00 e. The summed E-state index contributed by atoms with van der Waals surface area (Å²) in [4.78, 5) is 30.0. The average molecular weight is 373 g/mol. The minimum Gasteiger partial charge on any atom is -0.543 e. The molecule has 0 aromatic carbocycles. The number of β-lactam (4-membered cyclic amide) rings is 1. The molecule has 0 unspecified atom stereocenters. The average Bonchev–Trinajstić information content (AvgIpc) is 3.00. The summed E-state index contributed by atoms with van der Waals surface area (Å²) in [5.74, 6) is -0.745. The minimum atomic E-state index is -1.33. The van der Waals surface area contributed by atoms with Gasteiger partial charge in [-0.05, 0) is 6.92 Å². The second kappa shape index (κ2) is 7.84. The predicted molar refractivity (Wildman–Crippen MR) is 86.4 cm³/mol. The molecular weight excluding hydrogens is 353 g/mol. The van der Waals surface area contributed by atoms with Crippen LogP contribution in [0, 0.1) is 11.8 Å². The Balaban J connectivity index is 0.00000225. The third-order valence-corrected chi connectivity index (χ3v) is 6.09. The summed E-state index contributed by atoms with van der Waals surface area (Å²) >= 11 is 1.43. The van der Waals surface area contributed by atoms with E-state index in [2.05, 4.69) is 4.98 Å².